The minimum absolute atomic E-state index is 0.346. The summed E-state index contributed by atoms with van der Waals surface area (Å²) in [5, 5.41) is 4.10. The summed E-state index contributed by atoms with van der Waals surface area (Å²) in [5.41, 5.74) is 2.74. The zero-order valence-electron chi connectivity index (χ0n) is 17.5. The van der Waals surface area contributed by atoms with E-state index in [4.69, 9.17) is 25.5 Å². The quantitative estimate of drug-likeness (QED) is 0.520. The number of halogens is 1. The van der Waals surface area contributed by atoms with E-state index in [0.29, 0.717) is 30.3 Å². The Morgan fingerprint density at radius 1 is 1.07 bits per heavy atom. The monoisotopic (exact) mass is 429 g/mol. The van der Waals surface area contributed by atoms with E-state index in [1.165, 1.54) is 5.56 Å². The van der Waals surface area contributed by atoms with E-state index in [-0.39, 0.29) is 0 Å². The van der Waals surface area contributed by atoms with E-state index < -0.39 is 0 Å². The van der Waals surface area contributed by atoms with Crippen LogP contribution >= 0.6 is 11.6 Å². The molecule has 30 heavy (non-hydrogen) atoms. The lowest BCUT2D eigenvalue weighted by atomic mass is 10.0. The molecule has 160 valence electrons. The second-order valence-corrected chi connectivity index (χ2v) is 7.94. The molecule has 0 atom stereocenters. The van der Waals surface area contributed by atoms with Crippen LogP contribution in [0.2, 0.25) is 5.02 Å². The first-order chi connectivity index (χ1) is 14.6. The van der Waals surface area contributed by atoms with Gasteiger partial charge in [-0.2, -0.15) is 4.98 Å². The molecule has 1 aromatic heterocycles. The fraction of sp³-hybridized carbons (Fsp3) is 0.435. The minimum atomic E-state index is 0.346. The number of rotatable bonds is 8. The Morgan fingerprint density at radius 2 is 1.77 bits per heavy atom. The van der Waals surface area contributed by atoms with Gasteiger partial charge in [0.25, 0.3) is 6.01 Å². The number of likely N-dealkylation sites (tertiary alicyclic amines) is 1. The van der Waals surface area contributed by atoms with Crippen molar-refractivity contribution in [3.8, 4) is 11.5 Å². The van der Waals surface area contributed by atoms with Crippen molar-refractivity contribution in [2.45, 2.75) is 39.3 Å². The molecule has 1 saturated heterocycles. The van der Waals surface area contributed by atoms with E-state index in [9.17, 15) is 0 Å². The van der Waals surface area contributed by atoms with Crippen LogP contribution in [0.4, 0.5) is 6.01 Å². The number of anilines is 1. The lowest BCUT2D eigenvalue weighted by Gasteiger charge is -2.32. The lowest BCUT2D eigenvalue weighted by molar-refractivity contribution is 0.209. The molecule has 6 nitrogen and oxygen atoms in total. The van der Waals surface area contributed by atoms with Gasteiger partial charge in [-0.1, -0.05) is 11.6 Å². The van der Waals surface area contributed by atoms with Crippen molar-refractivity contribution in [2.75, 3.05) is 31.6 Å². The first-order valence-corrected chi connectivity index (χ1v) is 10.9. The van der Waals surface area contributed by atoms with Crippen LogP contribution in [0.15, 0.2) is 40.8 Å². The number of piperidine rings is 1. The first kappa shape index (κ1) is 20.8. The Balaban J connectivity index is 1.34. The predicted molar refractivity (Wildman–Crippen MR) is 120 cm³/mol. The molecule has 1 aliphatic rings. The summed E-state index contributed by atoms with van der Waals surface area (Å²) >= 11 is 6.03. The highest BCUT2D eigenvalue weighted by atomic mass is 35.5. The average molecular weight is 430 g/mol. The molecule has 2 heterocycles. The summed E-state index contributed by atoms with van der Waals surface area (Å²) in [6.45, 7) is 8.18. The smallest absolute Gasteiger partial charge is 0.295 e. The fourth-order valence-corrected chi connectivity index (χ4v) is 4.02. The van der Waals surface area contributed by atoms with Gasteiger partial charge in [0.2, 0.25) is 0 Å². The standard InChI is InChI=1S/C23H28ClN3O3/c1-3-28-19-11-16(12-20(14-19)29-4-2)15-27-9-7-18(8-10-27)25-23-26-21-13-17(24)5-6-22(21)30-23/h5-6,11-14,18H,3-4,7-10,15H2,1-2H3,(H,25,26). The number of nitrogens with one attached hydrogen (secondary N) is 1. The number of aromatic nitrogens is 1. The summed E-state index contributed by atoms with van der Waals surface area (Å²) in [5.74, 6) is 1.73. The maximum absolute atomic E-state index is 6.03. The van der Waals surface area contributed by atoms with Crippen LogP contribution in [-0.4, -0.2) is 42.2 Å². The number of oxazole rings is 1. The molecule has 0 spiro atoms. The highest BCUT2D eigenvalue weighted by molar-refractivity contribution is 6.31. The van der Waals surface area contributed by atoms with Gasteiger partial charge in [-0.3, -0.25) is 4.90 Å². The van der Waals surface area contributed by atoms with Crippen LogP contribution in [0.1, 0.15) is 32.3 Å². The van der Waals surface area contributed by atoms with Gasteiger partial charge in [-0.25, -0.2) is 0 Å². The van der Waals surface area contributed by atoms with Crippen molar-refractivity contribution in [3.63, 3.8) is 0 Å². The van der Waals surface area contributed by atoms with E-state index in [0.717, 1.165) is 55.1 Å². The fourth-order valence-electron chi connectivity index (χ4n) is 3.85. The van der Waals surface area contributed by atoms with Crippen LogP contribution in [0.5, 0.6) is 11.5 Å². The van der Waals surface area contributed by atoms with Gasteiger partial charge in [0.05, 0.1) is 13.2 Å². The maximum Gasteiger partial charge on any atom is 0.295 e. The minimum Gasteiger partial charge on any atom is -0.494 e. The van der Waals surface area contributed by atoms with Crippen LogP contribution in [0.3, 0.4) is 0 Å². The third-order valence-electron chi connectivity index (χ3n) is 5.23. The number of nitrogens with zero attached hydrogens (tertiary/aromatic N) is 2. The molecule has 4 rings (SSSR count). The molecule has 0 radical (unpaired) electrons. The van der Waals surface area contributed by atoms with Crippen molar-refractivity contribution < 1.29 is 13.9 Å². The zero-order valence-corrected chi connectivity index (χ0v) is 18.2. The molecule has 2 aromatic carbocycles. The van der Waals surface area contributed by atoms with Gasteiger partial charge in [-0.05, 0) is 62.6 Å². The predicted octanol–water partition coefficient (Wildman–Crippen LogP) is 5.36. The molecular weight excluding hydrogens is 402 g/mol. The normalized spacial score (nSPS) is 15.4. The molecule has 3 aromatic rings. The molecule has 0 unspecified atom stereocenters. The van der Waals surface area contributed by atoms with Crippen molar-refractivity contribution >= 4 is 28.7 Å². The molecular formula is C23H28ClN3O3. The highest BCUT2D eigenvalue weighted by Crippen LogP contribution is 2.27. The Hall–Kier alpha value is -2.44. The zero-order chi connectivity index (χ0) is 20.9. The summed E-state index contributed by atoms with van der Waals surface area (Å²) in [6.07, 6.45) is 2.06. The van der Waals surface area contributed by atoms with Crippen LogP contribution < -0.4 is 14.8 Å². The summed E-state index contributed by atoms with van der Waals surface area (Å²) in [6, 6.07) is 12.6. The first-order valence-electron chi connectivity index (χ1n) is 10.6. The Morgan fingerprint density at radius 3 is 2.43 bits per heavy atom. The van der Waals surface area contributed by atoms with Gasteiger partial charge in [0.1, 0.15) is 17.0 Å². The molecule has 1 N–H and O–H groups in total. The van der Waals surface area contributed by atoms with E-state index in [2.05, 4.69) is 27.3 Å². The van der Waals surface area contributed by atoms with Gasteiger partial charge < -0.3 is 19.2 Å². The van der Waals surface area contributed by atoms with E-state index in [1.807, 2.05) is 38.1 Å². The Kier molecular flexibility index (Phi) is 6.65. The second-order valence-electron chi connectivity index (χ2n) is 7.50. The summed E-state index contributed by atoms with van der Waals surface area (Å²) < 4.78 is 17.2. The van der Waals surface area contributed by atoms with E-state index >= 15 is 0 Å². The number of fused-ring (bicyclic) bond motifs is 1. The summed E-state index contributed by atoms with van der Waals surface area (Å²) in [7, 11) is 0. The van der Waals surface area contributed by atoms with Crippen molar-refractivity contribution in [3.05, 3.63) is 47.0 Å². The highest BCUT2D eigenvalue weighted by Gasteiger charge is 2.21. The Bertz CT molecular complexity index is 959. The molecule has 7 heteroatoms. The van der Waals surface area contributed by atoms with Crippen LogP contribution in [0, 0.1) is 0 Å². The van der Waals surface area contributed by atoms with Crippen LogP contribution in [-0.2, 0) is 6.54 Å². The summed E-state index contributed by atoms with van der Waals surface area (Å²) in [4.78, 5) is 6.97. The van der Waals surface area contributed by atoms with Crippen molar-refractivity contribution in [1.82, 2.24) is 9.88 Å². The molecule has 0 amide bonds. The van der Waals surface area contributed by atoms with Gasteiger partial charge >= 0.3 is 0 Å². The molecule has 0 bridgehead atoms. The maximum atomic E-state index is 6.03. The topological polar surface area (TPSA) is 59.8 Å². The molecule has 0 aliphatic carbocycles. The largest absolute Gasteiger partial charge is 0.494 e. The van der Waals surface area contributed by atoms with Crippen molar-refractivity contribution in [1.29, 1.82) is 0 Å². The number of hydrogen-bond donors (Lipinski definition) is 1. The Labute approximate surface area is 182 Å². The third kappa shape index (κ3) is 5.18. The van der Waals surface area contributed by atoms with E-state index in [1.54, 1.807) is 0 Å². The van der Waals surface area contributed by atoms with Gasteiger partial charge in [-0.15, -0.1) is 0 Å². The molecule has 1 aliphatic heterocycles. The number of ether oxygens (including phenoxy) is 2. The SMILES string of the molecule is CCOc1cc(CN2CCC(Nc3nc4cc(Cl)ccc4o3)CC2)cc(OCC)c1. The number of hydrogen-bond acceptors (Lipinski definition) is 6. The second kappa shape index (κ2) is 9.58. The molecule has 1 fully saturated rings. The molecule has 0 saturated carbocycles. The third-order valence-corrected chi connectivity index (χ3v) is 5.47. The van der Waals surface area contributed by atoms with Crippen LogP contribution in [0.25, 0.3) is 11.1 Å². The lowest BCUT2D eigenvalue weighted by Crippen LogP contribution is -2.38. The van der Waals surface area contributed by atoms with Crippen molar-refractivity contribution in [2.24, 2.45) is 0 Å². The van der Waals surface area contributed by atoms with Gasteiger partial charge in [0, 0.05) is 36.8 Å². The van der Waals surface area contributed by atoms with Gasteiger partial charge in [0.15, 0.2) is 5.58 Å². The average Bonchev–Trinajstić information content (AvgIpc) is 3.11. The number of benzene rings is 2.